The molecule has 0 amide bonds. The van der Waals surface area contributed by atoms with Crippen LogP contribution in [0.2, 0.25) is 0 Å². The molecule has 0 aliphatic carbocycles. The van der Waals surface area contributed by atoms with Crippen molar-refractivity contribution in [1.82, 2.24) is 9.78 Å². The van der Waals surface area contributed by atoms with Gasteiger partial charge in [-0.2, -0.15) is 5.10 Å². The van der Waals surface area contributed by atoms with Crippen LogP contribution in [0, 0.1) is 6.92 Å². The summed E-state index contributed by atoms with van der Waals surface area (Å²) in [6.07, 6.45) is -0.809. The zero-order chi connectivity index (χ0) is 7.56. The Labute approximate surface area is 57.5 Å². The monoisotopic (exact) mass is 146 g/mol. The number of nitrogens with zero attached hydrogens (tertiary/aromatic N) is 2. The molecule has 0 aromatic carbocycles. The van der Waals surface area contributed by atoms with Crippen LogP contribution in [0.4, 0.5) is 8.78 Å². The Balaban J connectivity index is 2.65. The number of hydrogen-bond donors (Lipinski definition) is 0. The first-order chi connectivity index (χ1) is 4.70. The molecule has 0 saturated heterocycles. The molecule has 56 valence electrons. The minimum atomic E-state index is -2.32. The molecule has 0 atom stereocenters. The summed E-state index contributed by atoms with van der Waals surface area (Å²) in [6.45, 7) is 1.44. The van der Waals surface area contributed by atoms with Gasteiger partial charge in [-0.1, -0.05) is 0 Å². The van der Waals surface area contributed by atoms with Crippen LogP contribution in [0.5, 0.6) is 0 Å². The molecule has 1 aromatic heterocycles. The zero-order valence-electron chi connectivity index (χ0n) is 5.59. The molecule has 1 rings (SSSR count). The summed E-state index contributed by atoms with van der Waals surface area (Å²) in [5, 5.41) is 3.69. The third kappa shape index (κ3) is 1.52. The van der Waals surface area contributed by atoms with E-state index in [1.807, 2.05) is 0 Å². The van der Waals surface area contributed by atoms with Gasteiger partial charge in [0.25, 0.3) is 6.43 Å². The first kappa shape index (κ1) is 7.18. The predicted octanol–water partition coefficient (Wildman–Crippen LogP) is 1.46. The zero-order valence-corrected chi connectivity index (χ0v) is 5.59. The Morgan fingerprint density at radius 3 is 2.80 bits per heavy atom. The van der Waals surface area contributed by atoms with Crippen LogP contribution in [-0.2, 0) is 6.54 Å². The lowest BCUT2D eigenvalue weighted by Gasteiger charge is -2.00. The number of aryl methyl sites for hydroxylation is 1. The molecular weight excluding hydrogens is 138 g/mol. The smallest absolute Gasteiger partial charge is 0.257 e. The first-order valence-corrected chi connectivity index (χ1v) is 2.96. The quantitative estimate of drug-likeness (QED) is 0.617. The van der Waals surface area contributed by atoms with Gasteiger partial charge < -0.3 is 0 Å². The van der Waals surface area contributed by atoms with E-state index in [-0.39, 0.29) is 6.54 Å². The van der Waals surface area contributed by atoms with Gasteiger partial charge in [-0.05, 0) is 13.0 Å². The SMILES string of the molecule is Cc1ccnn1CC(F)F. The van der Waals surface area contributed by atoms with Crippen LogP contribution in [-0.4, -0.2) is 16.2 Å². The summed E-state index contributed by atoms with van der Waals surface area (Å²) in [6, 6.07) is 1.70. The van der Waals surface area contributed by atoms with E-state index in [4.69, 9.17) is 0 Å². The van der Waals surface area contributed by atoms with E-state index in [0.717, 1.165) is 5.69 Å². The molecule has 4 heteroatoms. The Hall–Kier alpha value is -0.930. The average molecular weight is 146 g/mol. The van der Waals surface area contributed by atoms with E-state index in [1.54, 1.807) is 13.0 Å². The average Bonchev–Trinajstić information content (AvgIpc) is 2.15. The van der Waals surface area contributed by atoms with Crippen molar-refractivity contribution in [3.63, 3.8) is 0 Å². The van der Waals surface area contributed by atoms with Crippen molar-refractivity contribution >= 4 is 0 Å². The molecule has 0 aliphatic heterocycles. The van der Waals surface area contributed by atoms with Crippen LogP contribution in [0.15, 0.2) is 12.3 Å². The Morgan fingerprint density at radius 2 is 2.40 bits per heavy atom. The Morgan fingerprint density at radius 1 is 1.70 bits per heavy atom. The molecule has 0 aliphatic rings. The maximum atomic E-state index is 11.7. The standard InChI is InChI=1S/C6H8F2N2/c1-5-2-3-9-10(5)4-6(7)8/h2-3,6H,4H2,1H3. The van der Waals surface area contributed by atoms with Crippen molar-refractivity contribution in [1.29, 1.82) is 0 Å². The fourth-order valence-electron chi connectivity index (χ4n) is 0.721. The number of alkyl halides is 2. The maximum Gasteiger partial charge on any atom is 0.257 e. The van der Waals surface area contributed by atoms with Gasteiger partial charge in [0.05, 0.1) is 0 Å². The van der Waals surface area contributed by atoms with Gasteiger partial charge in [0.1, 0.15) is 6.54 Å². The molecule has 0 unspecified atom stereocenters. The molecule has 0 N–H and O–H groups in total. The number of halogens is 2. The Bertz CT molecular complexity index is 207. The Kier molecular flexibility index (Phi) is 1.99. The van der Waals surface area contributed by atoms with Gasteiger partial charge in [-0.25, -0.2) is 8.78 Å². The van der Waals surface area contributed by atoms with Crippen LogP contribution in [0.25, 0.3) is 0 Å². The van der Waals surface area contributed by atoms with E-state index in [9.17, 15) is 8.78 Å². The summed E-state index contributed by atoms with van der Waals surface area (Å²) < 4.78 is 24.7. The first-order valence-electron chi connectivity index (χ1n) is 2.96. The molecule has 0 radical (unpaired) electrons. The molecule has 0 fully saturated rings. The molecule has 0 bridgehead atoms. The van der Waals surface area contributed by atoms with Crippen molar-refractivity contribution in [3.05, 3.63) is 18.0 Å². The van der Waals surface area contributed by atoms with E-state index >= 15 is 0 Å². The van der Waals surface area contributed by atoms with Crippen molar-refractivity contribution in [2.75, 3.05) is 0 Å². The van der Waals surface area contributed by atoms with Crippen molar-refractivity contribution in [3.8, 4) is 0 Å². The fourth-order valence-corrected chi connectivity index (χ4v) is 0.721. The topological polar surface area (TPSA) is 17.8 Å². The molecule has 2 nitrogen and oxygen atoms in total. The highest BCUT2D eigenvalue weighted by molar-refractivity contribution is 4.96. The number of hydrogen-bond acceptors (Lipinski definition) is 1. The lowest BCUT2D eigenvalue weighted by molar-refractivity contribution is 0.121. The summed E-state index contributed by atoms with van der Waals surface area (Å²) >= 11 is 0. The highest BCUT2D eigenvalue weighted by atomic mass is 19.3. The third-order valence-corrected chi connectivity index (χ3v) is 1.24. The van der Waals surface area contributed by atoms with Gasteiger partial charge in [0, 0.05) is 11.9 Å². The second-order valence-corrected chi connectivity index (χ2v) is 2.05. The van der Waals surface area contributed by atoms with Gasteiger partial charge in [0.15, 0.2) is 0 Å². The largest absolute Gasteiger partial charge is 0.264 e. The summed E-state index contributed by atoms with van der Waals surface area (Å²) in [5.41, 5.74) is 0.764. The second kappa shape index (κ2) is 2.77. The summed E-state index contributed by atoms with van der Waals surface area (Å²) in [5.74, 6) is 0. The molecule has 10 heavy (non-hydrogen) atoms. The van der Waals surface area contributed by atoms with Crippen molar-refractivity contribution < 1.29 is 8.78 Å². The number of rotatable bonds is 2. The molecular formula is C6H8F2N2. The van der Waals surface area contributed by atoms with E-state index in [0.29, 0.717) is 0 Å². The summed E-state index contributed by atoms with van der Waals surface area (Å²) in [7, 11) is 0. The van der Waals surface area contributed by atoms with Crippen LogP contribution in [0.3, 0.4) is 0 Å². The highest BCUT2D eigenvalue weighted by Gasteiger charge is 2.04. The van der Waals surface area contributed by atoms with Gasteiger partial charge >= 0.3 is 0 Å². The van der Waals surface area contributed by atoms with Gasteiger partial charge in [-0.3, -0.25) is 4.68 Å². The van der Waals surface area contributed by atoms with E-state index in [1.165, 1.54) is 10.9 Å². The third-order valence-electron chi connectivity index (χ3n) is 1.24. The van der Waals surface area contributed by atoms with Crippen LogP contribution in [0.1, 0.15) is 5.69 Å². The van der Waals surface area contributed by atoms with Crippen molar-refractivity contribution in [2.45, 2.75) is 19.9 Å². The number of aromatic nitrogens is 2. The minimum Gasteiger partial charge on any atom is -0.264 e. The van der Waals surface area contributed by atoms with Crippen LogP contribution < -0.4 is 0 Å². The lowest BCUT2D eigenvalue weighted by Crippen LogP contribution is -2.09. The normalized spacial score (nSPS) is 10.8. The van der Waals surface area contributed by atoms with Crippen LogP contribution >= 0.6 is 0 Å². The molecule has 1 aromatic rings. The lowest BCUT2D eigenvalue weighted by atomic mass is 10.5. The van der Waals surface area contributed by atoms with E-state index < -0.39 is 6.43 Å². The summed E-state index contributed by atoms with van der Waals surface area (Å²) in [4.78, 5) is 0. The molecule has 0 spiro atoms. The van der Waals surface area contributed by atoms with Gasteiger partial charge in [0.2, 0.25) is 0 Å². The molecule has 1 heterocycles. The van der Waals surface area contributed by atoms with E-state index in [2.05, 4.69) is 5.10 Å². The highest BCUT2D eigenvalue weighted by Crippen LogP contribution is 2.00. The fraction of sp³-hybridized carbons (Fsp3) is 0.500. The van der Waals surface area contributed by atoms with Gasteiger partial charge in [-0.15, -0.1) is 0 Å². The van der Waals surface area contributed by atoms with Crippen molar-refractivity contribution in [2.24, 2.45) is 0 Å². The minimum absolute atomic E-state index is 0.307. The predicted molar refractivity (Wildman–Crippen MR) is 33.0 cm³/mol. The molecule has 0 saturated carbocycles. The second-order valence-electron chi connectivity index (χ2n) is 2.05. The maximum absolute atomic E-state index is 11.7.